The molecule has 0 bridgehead atoms. The topological polar surface area (TPSA) is 71.7 Å². The van der Waals surface area contributed by atoms with Crippen molar-refractivity contribution in [3.63, 3.8) is 0 Å². The van der Waals surface area contributed by atoms with Crippen LogP contribution in [-0.2, 0) is 0 Å². The summed E-state index contributed by atoms with van der Waals surface area (Å²) in [4.78, 5) is 14.2. The van der Waals surface area contributed by atoms with E-state index in [1.54, 1.807) is 22.7 Å². The maximum atomic E-state index is 6.53. The number of rotatable bonds is 6. The first-order chi connectivity index (χ1) is 25.2. The summed E-state index contributed by atoms with van der Waals surface area (Å²) in [5.74, 6) is 0.513. The summed E-state index contributed by atoms with van der Waals surface area (Å²) >= 11 is 3.29. The zero-order valence-electron chi connectivity index (χ0n) is 26.7. The second-order valence-electron chi connectivity index (χ2n) is 12.3. The van der Waals surface area contributed by atoms with Crippen LogP contribution in [0, 0.1) is 0 Å². The summed E-state index contributed by atoms with van der Waals surface area (Å²) in [7, 11) is 0. The second kappa shape index (κ2) is 11.0. The van der Waals surface area contributed by atoms with Crippen molar-refractivity contribution in [1.29, 1.82) is 0 Å². The molecule has 0 saturated carbocycles. The number of benzene rings is 5. The van der Waals surface area contributed by atoms with Gasteiger partial charge in [0.2, 0.25) is 11.7 Å². The third kappa shape index (κ3) is 4.49. The first-order valence-electron chi connectivity index (χ1n) is 16.4. The lowest BCUT2D eigenvalue weighted by Gasteiger charge is -2.23. The van der Waals surface area contributed by atoms with E-state index in [4.69, 9.17) is 23.2 Å². The summed E-state index contributed by atoms with van der Waals surface area (Å²) < 4.78 is 19.0. The van der Waals surface area contributed by atoms with Crippen molar-refractivity contribution in [1.82, 2.24) is 9.97 Å². The molecule has 11 rings (SSSR count). The van der Waals surface area contributed by atoms with E-state index in [9.17, 15) is 0 Å². The number of furan rings is 3. The Morgan fingerprint density at radius 3 is 1.49 bits per heavy atom. The van der Waals surface area contributed by atoms with Gasteiger partial charge in [0.05, 0.1) is 27.4 Å². The van der Waals surface area contributed by atoms with Gasteiger partial charge in [0.1, 0.15) is 32.9 Å². The van der Waals surface area contributed by atoms with Crippen LogP contribution in [0.3, 0.4) is 0 Å². The van der Waals surface area contributed by atoms with Crippen molar-refractivity contribution in [3.8, 4) is 0 Å². The summed E-state index contributed by atoms with van der Waals surface area (Å²) in [6, 6.07) is 43.4. The average molecular weight is 697 g/mol. The highest BCUT2D eigenvalue weighted by Gasteiger charge is 2.22. The highest BCUT2D eigenvalue weighted by Crippen LogP contribution is 2.43. The molecule has 0 aliphatic carbocycles. The van der Waals surface area contributed by atoms with Gasteiger partial charge in [-0.2, -0.15) is 4.98 Å². The quantitative estimate of drug-likeness (QED) is 0.171. The Kier molecular flexibility index (Phi) is 6.16. The van der Waals surface area contributed by atoms with Crippen LogP contribution in [0.4, 0.5) is 33.0 Å². The predicted octanol–water partition coefficient (Wildman–Crippen LogP) is 13.2. The Balaban J connectivity index is 1.02. The standard InChI is InChI=1S/C42H24N4O3S2/c1-3-9-34-28(7-1)30-16-13-25(21-36(30)47-34)45(39-11-5-19-50-39)26-14-18-32-33-24-43-42(44-41(33)49-38(32)22-26)46(40-12-6-20-51-40)27-15-17-31-29-8-2-4-10-35(29)48-37(31)23-27/h1-24H. The maximum absolute atomic E-state index is 6.53. The number of anilines is 6. The van der Waals surface area contributed by atoms with Crippen LogP contribution in [0.2, 0.25) is 0 Å². The van der Waals surface area contributed by atoms with E-state index in [2.05, 4.69) is 101 Å². The molecule has 11 aromatic rings. The fourth-order valence-corrected chi connectivity index (χ4v) is 8.55. The minimum Gasteiger partial charge on any atom is -0.456 e. The van der Waals surface area contributed by atoms with Crippen LogP contribution in [-0.4, -0.2) is 9.97 Å². The fourth-order valence-electron chi connectivity index (χ4n) is 7.04. The maximum Gasteiger partial charge on any atom is 0.238 e. The van der Waals surface area contributed by atoms with E-state index in [0.717, 1.165) is 87.3 Å². The van der Waals surface area contributed by atoms with Gasteiger partial charge in [0.25, 0.3) is 0 Å². The lowest BCUT2D eigenvalue weighted by molar-refractivity contribution is 0.653. The van der Waals surface area contributed by atoms with E-state index in [1.165, 1.54) is 0 Å². The minimum atomic E-state index is 0.513. The summed E-state index contributed by atoms with van der Waals surface area (Å²) in [6.45, 7) is 0. The van der Waals surface area contributed by atoms with Gasteiger partial charge in [0.15, 0.2) is 0 Å². The zero-order chi connectivity index (χ0) is 33.5. The third-order valence-corrected chi connectivity index (χ3v) is 11.1. The van der Waals surface area contributed by atoms with Gasteiger partial charge in [-0.25, -0.2) is 4.98 Å². The first-order valence-corrected chi connectivity index (χ1v) is 18.2. The molecule has 0 radical (unpaired) electrons. The molecule has 242 valence electrons. The number of hydrogen-bond donors (Lipinski definition) is 0. The molecule has 51 heavy (non-hydrogen) atoms. The lowest BCUT2D eigenvalue weighted by Crippen LogP contribution is -2.11. The Hall–Kier alpha value is -6.42. The van der Waals surface area contributed by atoms with Crippen LogP contribution in [0.5, 0.6) is 0 Å². The molecule has 0 aliphatic heterocycles. The van der Waals surface area contributed by atoms with Gasteiger partial charge in [-0.15, -0.1) is 22.7 Å². The molecule has 0 amide bonds. The lowest BCUT2D eigenvalue weighted by atomic mass is 10.1. The highest BCUT2D eigenvalue weighted by atomic mass is 32.1. The minimum absolute atomic E-state index is 0.513. The zero-order valence-corrected chi connectivity index (χ0v) is 28.3. The van der Waals surface area contributed by atoms with Crippen molar-refractivity contribution in [2.24, 2.45) is 0 Å². The monoisotopic (exact) mass is 696 g/mol. The molecular weight excluding hydrogens is 673 g/mol. The predicted molar refractivity (Wildman–Crippen MR) is 209 cm³/mol. The Bertz CT molecular complexity index is 2860. The summed E-state index contributed by atoms with van der Waals surface area (Å²) in [5.41, 5.74) is 7.50. The molecule has 6 heterocycles. The van der Waals surface area contributed by atoms with E-state index in [-0.39, 0.29) is 0 Å². The average Bonchev–Trinajstić information content (AvgIpc) is 4.01. The van der Waals surface area contributed by atoms with Gasteiger partial charge in [-0.1, -0.05) is 36.4 Å². The van der Waals surface area contributed by atoms with Gasteiger partial charge in [-0.05, 0) is 83.6 Å². The number of hydrogen-bond acceptors (Lipinski definition) is 9. The van der Waals surface area contributed by atoms with E-state index >= 15 is 0 Å². The Labute approximate surface area is 297 Å². The summed E-state index contributed by atoms with van der Waals surface area (Å²) in [6.07, 6.45) is 1.86. The number of aromatic nitrogens is 2. The molecule has 0 spiro atoms. The third-order valence-electron chi connectivity index (χ3n) is 9.36. The van der Waals surface area contributed by atoms with Crippen LogP contribution in [0.1, 0.15) is 0 Å². The number of fused-ring (bicyclic) bond motifs is 9. The van der Waals surface area contributed by atoms with Crippen LogP contribution in [0.15, 0.2) is 158 Å². The van der Waals surface area contributed by atoms with Crippen molar-refractivity contribution >= 4 is 122 Å². The van der Waals surface area contributed by atoms with Crippen molar-refractivity contribution in [3.05, 3.63) is 144 Å². The van der Waals surface area contributed by atoms with Crippen LogP contribution < -0.4 is 9.80 Å². The molecular formula is C42H24N4O3S2. The van der Waals surface area contributed by atoms with Gasteiger partial charge < -0.3 is 18.2 Å². The molecule has 9 heteroatoms. The van der Waals surface area contributed by atoms with E-state index in [0.29, 0.717) is 11.7 Å². The fraction of sp³-hybridized carbons (Fsp3) is 0. The molecule has 5 aromatic carbocycles. The normalized spacial score (nSPS) is 11.9. The largest absolute Gasteiger partial charge is 0.456 e. The smallest absolute Gasteiger partial charge is 0.238 e. The molecule has 0 fully saturated rings. The van der Waals surface area contributed by atoms with Crippen LogP contribution in [0.25, 0.3) is 65.9 Å². The Morgan fingerprint density at radius 2 is 0.922 bits per heavy atom. The van der Waals surface area contributed by atoms with Gasteiger partial charge >= 0.3 is 0 Å². The molecule has 0 N–H and O–H groups in total. The van der Waals surface area contributed by atoms with Crippen molar-refractivity contribution in [2.75, 3.05) is 9.80 Å². The molecule has 0 saturated heterocycles. The van der Waals surface area contributed by atoms with Crippen molar-refractivity contribution < 1.29 is 13.3 Å². The van der Waals surface area contributed by atoms with Crippen LogP contribution >= 0.6 is 22.7 Å². The molecule has 7 nitrogen and oxygen atoms in total. The highest BCUT2D eigenvalue weighted by molar-refractivity contribution is 7.14. The SMILES string of the molecule is c1csc(N(c2ccc3c(c2)oc2ccccc23)c2ccc3c(c2)oc2nc(N(c4ccc5c(c4)oc4ccccc45)c4cccs4)ncc23)c1. The molecule has 0 aliphatic rings. The molecule has 6 aromatic heterocycles. The van der Waals surface area contributed by atoms with E-state index < -0.39 is 0 Å². The van der Waals surface area contributed by atoms with E-state index in [1.807, 2.05) is 53.6 Å². The first kappa shape index (κ1) is 28.4. The number of thiophene rings is 2. The van der Waals surface area contributed by atoms with Gasteiger partial charge in [-0.3, -0.25) is 4.90 Å². The summed E-state index contributed by atoms with van der Waals surface area (Å²) in [5, 5.41) is 12.4. The van der Waals surface area contributed by atoms with Gasteiger partial charge in [0, 0.05) is 51.3 Å². The second-order valence-corrected chi connectivity index (χ2v) is 14.2. The number of nitrogens with zero attached hydrogens (tertiary/aromatic N) is 4. The molecule has 0 unspecified atom stereocenters. The molecule has 0 atom stereocenters. The number of para-hydroxylation sites is 2. The Morgan fingerprint density at radius 1 is 0.431 bits per heavy atom. The van der Waals surface area contributed by atoms with Crippen molar-refractivity contribution in [2.45, 2.75) is 0 Å².